The van der Waals surface area contributed by atoms with Crippen LogP contribution >= 0.6 is 0 Å². The number of rotatable bonds is 5. The number of amides is 2. The van der Waals surface area contributed by atoms with Crippen LogP contribution in [0, 0.1) is 6.92 Å². The lowest BCUT2D eigenvalue weighted by Gasteiger charge is -2.18. The minimum absolute atomic E-state index is 0.0104. The van der Waals surface area contributed by atoms with E-state index in [1.54, 1.807) is 24.3 Å². The van der Waals surface area contributed by atoms with Gasteiger partial charge in [-0.2, -0.15) is 0 Å². The molecule has 1 heterocycles. The number of carbonyl (C=O) groups excluding carboxylic acids is 2. The fraction of sp³-hybridized carbons (Fsp3) is 0.222. The molecule has 118 valence electrons. The van der Waals surface area contributed by atoms with Crippen molar-refractivity contribution >= 4 is 11.8 Å². The van der Waals surface area contributed by atoms with Crippen molar-refractivity contribution in [1.29, 1.82) is 0 Å². The molecule has 0 saturated carbocycles. The second-order valence-corrected chi connectivity index (χ2v) is 5.54. The Labute approximate surface area is 134 Å². The SMILES string of the molecule is Cc1ccc(OC[C@H](O)CN2C(=O)c3ccccc3C2=O)cc1. The maximum atomic E-state index is 12.2. The summed E-state index contributed by atoms with van der Waals surface area (Å²) in [7, 11) is 0. The normalized spacial score (nSPS) is 14.8. The highest BCUT2D eigenvalue weighted by atomic mass is 16.5. The summed E-state index contributed by atoms with van der Waals surface area (Å²) in [4.78, 5) is 25.5. The van der Waals surface area contributed by atoms with Crippen molar-refractivity contribution in [2.45, 2.75) is 13.0 Å². The lowest BCUT2D eigenvalue weighted by molar-refractivity contribution is 0.0457. The Hall–Kier alpha value is -2.66. The predicted molar refractivity (Wildman–Crippen MR) is 84.5 cm³/mol. The highest BCUT2D eigenvalue weighted by Crippen LogP contribution is 2.22. The fourth-order valence-electron chi connectivity index (χ4n) is 2.50. The maximum absolute atomic E-state index is 12.2. The summed E-state index contributed by atoms with van der Waals surface area (Å²) < 4.78 is 5.48. The molecule has 1 atom stereocenters. The summed E-state index contributed by atoms with van der Waals surface area (Å²) in [6, 6.07) is 14.1. The number of benzene rings is 2. The first-order valence-corrected chi connectivity index (χ1v) is 7.39. The van der Waals surface area contributed by atoms with Gasteiger partial charge in [0.05, 0.1) is 17.7 Å². The molecular formula is C18H17NO4. The van der Waals surface area contributed by atoms with Crippen LogP contribution in [-0.2, 0) is 0 Å². The number of aryl methyl sites for hydroxylation is 1. The molecule has 2 aromatic rings. The molecule has 0 bridgehead atoms. The van der Waals surface area contributed by atoms with Gasteiger partial charge in [0.25, 0.3) is 11.8 Å². The third kappa shape index (κ3) is 3.10. The van der Waals surface area contributed by atoms with Crippen molar-refractivity contribution in [2.24, 2.45) is 0 Å². The second-order valence-electron chi connectivity index (χ2n) is 5.54. The van der Waals surface area contributed by atoms with E-state index >= 15 is 0 Å². The predicted octanol–water partition coefficient (Wildman–Crippen LogP) is 2.03. The van der Waals surface area contributed by atoms with Crippen LogP contribution in [-0.4, -0.2) is 41.1 Å². The summed E-state index contributed by atoms with van der Waals surface area (Å²) >= 11 is 0. The van der Waals surface area contributed by atoms with Gasteiger partial charge in [0, 0.05) is 0 Å². The Morgan fingerprint density at radius 3 is 2.13 bits per heavy atom. The molecule has 0 fully saturated rings. The van der Waals surface area contributed by atoms with Crippen LogP contribution in [0.25, 0.3) is 0 Å². The van der Waals surface area contributed by atoms with Gasteiger partial charge < -0.3 is 9.84 Å². The zero-order valence-corrected chi connectivity index (χ0v) is 12.7. The number of hydrogen-bond acceptors (Lipinski definition) is 4. The van der Waals surface area contributed by atoms with E-state index in [-0.39, 0.29) is 25.0 Å². The van der Waals surface area contributed by atoms with Crippen molar-refractivity contribution in [2.75, 3.05) is 13.2 Å². The summed E-state index contributed by atoms with van der Waals surface area (Å²) in [6.07, 6.45) is -0.946. The molecule has 0 saturated heterocycles. The van der Waals surface area contributed by atoms with E-state index in [1.807, 2.05) is 31.2 Å². The molecule has 2 aromatic carbocycles. The van der Waals surface area contributed by atoms with E-state index in [9.17, 15) is 14.7 Å². The molecule has 0 aliphatic carbocycles. The van der Waals surface area contributed by atoms with Crippen LogP contribution < -0.4 is 4.74 Å². The van der Waals surface area contributed by atoms with Gasteiger partial charge in [0.1, 0.15) is 18.5 Å². The number of aliphatic hydroxyl groups is 1. The summed E-state index contributed by atoms with van der Waals surface area (Å²) in [5.74, 6) is -0.114. The van der Waals surface area contributed by atoms with E-state index in [0.29, 0.717) is 16.9 Å². The van der Waals surface area contributed by atoms with Crippen LogP contribution in [0.3, 0.4) is 0 Å². The van der Waals surface area contributed by atoms with Gasteiger partial charge in [-0.05, 0) is 31.2 Å². The van der Waals surface area contributed by atoms with E-state index in [1.165, 1.54) is 0 Å². The smallest absolute Gasteiger partial charge is 0.261 e. The number of β-amino-alcohol motifs (C(OH)–C–C–N with tert-alkyl or cyclic N) is 1. The van der Waals surface area contributed by atoms with Gasteiger partial charge in [-0.1, -0.05) is 29.8 Å². The lowest BCUT2D eigenvalue weighted by Crippen LogP contribution is -2.39. The van der Waals surface area contributed by atoms with E-state index < -0.39 is 6.10 Å². The van der Waals surface area contributed by atoms with Crippen LogP contribution in [0.4, 0.5) is 0 Å². The molecule has 0 radical (unpaired) electrons. The number of hydrogen-bond donors (Lipinski definition) is 1. The number of imide groups is 1. The quantitative estimate of drug-likeness (QED) is 0.858. The summed E-state index contributed by atoms with van der Waals surface area (Å²) in [6.45, 7) is 1.90. The Morgan fingerprint density at radius 2 is 1.57 bits per heavy atom. The molecule has 1 N–H and O–H groups in total. The second kappa shape index (κ2) is 6.22. The Morgan fingerprint density at radius 1 is 1.00 bits per heavy atom. The largest absolute Gasteiger partial charge is 0.491 e. The van der Waals surface area contributed by atoms with Crippen molar-refractivity contribution in [3.8, 4) is 5.75 Å². The first-order chi connectivity index (χ1) is 11.1. The Balaban J connectivity index is 1.60. The van der Waals surface area contributed by atoms with Gasteiger partial charge in [0.15, 0.2) is 0 Å². The van der Waals surface area contributed by atoms with Crippen LogP contribution in [0.2, 0.25) is 0 Å². The number of ether oxygens (including phenoxy) is 1. The fourth-order valence-corrected chi connectivity index (χ4v) is 2.50. The van der Waals surface area contributed by atoms with Gasteiger partial charge in [0.2, 0.25) is 0 Å². The van der Waals surface area contributed by atoms with Gasteiger partial charge in [-0.25, -0.2) is 0 Å². The van der Waals surface area contributed by atoms with Crippen LogP contribution in [0.5, 0.6) is 5.75 Å². The lowest BCUT2D eigenvalue weighted by atomic mass is 10.1. The first kappa shape index (κ1) is 15.2. The third-order valence-electron chi connectivity index (χ3n) is 3.73. The van der Waals surface area contributed by atoms with Crippen molar-refractivity contribution < 1.29 is 19.4 Å². The average Bonchev–Trinajstić information content (AvgIpc) is 2.80. The molecule has 0 spiro atoms. The molecule has 23 heavy (non-hydrogen) atoms. The van der Waals surface area contributed by atoms with Gasteiger partial charge >= 0.3 is 0 Å². The van der Waals surface area contributed by atoms with Crippen molar-refractivity contribution in [3.05, 3.63) is 65.2 Å². The highest BCUT2D eigenvalue weighted by molar-refractivity contribution is 6.21. The molecule has 3 rings (SSSR count). The number of carbonyl (C=O) groups is 2. The highest BCUT2D eigenvalue weighted by Gasteiger charge is 2.36. The Bertz CT molecular complexity index is 704. The maximum Gasteiger partial charge on any atom is 0.261 e. The molecule has 5 nitrogen and oxygen atoms in total. The van der Waals surface area contributed by atoms with Crippen molar-refractivity contribution in [3.63, 3.8) is 0 Å². The molecule has 1 aliphatic rings. The van der Waals surface area contributed by atoms with Gasteiger partial charge in [-0.15, -0.1) is 0 Å². The molecule has 2 amide bonds. The molecule has 1 aliphatic heterocycles. The number of nitrogens with zero attached hydrogens (tertiary/aromatic N) is 1. The van der Waals surface area contributed by atoms with E-state index in [0.717, 1.165) is 10.5 Å². The minimum Gasteiger partial charge on any atom is -0.491 e. The number of aliphatic hydroxyl groups excluding tert-OH is 1. The zero-order valence-electron chi connectivity index (χ0n) is 12.7. The summed E-state index contributed by atoms with van der Waals surface area (Å²) in [5, 5.41) is 10.1. The topological polar surface area (TPSA) is 66.8 Å². The first-order valence-electron chi connectivity index (χ1n) is 7.39. The van der Waals surface area contributed by atoms with Crippen LogP contribution in [0.1, 0.15) is 26.3 Å². The summed E-state index contributed by atoms with van der Waals surface area (Å²) in [5.41, 5.74) is 1.87. The average molecular weight is 311 g/mol. The Kier molecular flexibility index (Phi) is 4.12. The van der Waals surface area contributed by atoms with E-state index in [4.69, 9.17) is 4.74 Å². The minimum atomic E-state index is -0.946. The van der Waals surface area contributed by atoms with E-state index in [2.05, 4.69) is 0 Å². The number of fused-ring (bicyclic) bond motifs is 1. The zero-order chi connectivity index (χ0) is 16.4. The van der Waals surface area contributed by atoms with Crippen LogP contribution in [0.15, 0.2) is 48.5 Å². The standard InChI is InChI=1S/C18H17NO4/c1-12-6-8-14(9-7-12)23-11-13(20)10-19-17(21)15-4-2-3-5-16(15)18(19)22/h2-9,13,20H,10-11H2,1H3/t13-/m1/s1. The third-order valence-corrected chi connectivity index (χ3v) is 3.73. The molecule has 5 heteroatoms. The monoisotopic (exact) mass is 311 g/mol. The molecule has 0 aromatic heterocycles. The van der Waals surface area contributed by atoms with Gasteiger partial charge in [-0.3, -0.25) is 14.5 Å². The molecule has 0 unspecified atom stereocenters. The van der Waals surface area contributed by atoms with Crippen molar-refractivity contribution in [1.82, 2.24) is 4.90 Å². The molecular weight excluding hydrogens is 294 g/mol.